The van der Waals surface area contributed by atoms with E-state index < -0.39 is 0 Å². The van der Waals surface area contributed by atoms with Crippen molar-refractivity contribution in [3.05, 3.63) is 24.0 Å². The van der Waals surface area contributed by atoms with Gasteiger partial charge in [-0.3, -0.25) is 4.90 Å². The van der Waals surface area contributed by atoms with E-state index in [2.05, 4.69) is 15.8 Å². The van der Waals surface area contributed by atoms with Crippen LogP contribution in [0.15, 0.2) is 18.3 Å². The number of hydrogen-bond donors (Lipinski definition) is 0. The zero-order valence-electron chi connectivity index (χ0n) is 12.2. The van der Waals surface area contributed by atoms with Crippen LogP contribution < -0.4 is 4.74 Å². The van der Waals surface area contributed by atoms with Gasteiger partial charge >= 0.3 is 0 Å². The maximum atomic E-state index is 5.68. The van der Waals surface area contributed by atoms with Crippen molar-refractivity contribution < 1.29 is 14.2 Å². The SMILES string of the molecule is C#Cc1cc(OCCN(CCOC)CCOC)ccn1. The summed E-state index contributed by atoms with van der Waals surface area (Å²) in [6, 6.07) is 3.56. The highest BCUT2D eigenvalue weighted by Gasteiger charge is 2.05. The summed E-state index contributed by atoms with van der Waals surface area (Å²) in [5.41, 5.74) is 0.582. The fourth-order valence-corrected chi connectivity index (χ4v) is 1.65. The van der Waals surface area contributed by atoms with Crippen LogP contribution in [0.2, 0.25) is 0 Å². The van der Waals surface area contributed by atoms with Crippen LogP contribution in [0, 0.1) is 12.3 Å². The first-order chi connectivity index (χ1) is 9.80. The van der Waals surface area contributed by atoms with Crippen molar-refractivity contribution in [2.75, 3.05) is 53.7 Å². The van der Waals surface area contributed by atoms with E-state index in [1.165, 1.54) is 0 Å². The number of aromatic nitrogens is 1. The third-order valence-corrected chi connectivity index (χ3v) is 2.78. The van der Waals surface area contributed by atoms with Crippen molar-refractivity contribution in [3.8, 4) is 18.1 Å². The molecule has 5 heteroatoms. The maximum Gasteiger partial charge on any atom is 0.123 e. The van der Waals surface area contributed by atoms with E-state index in [1.54, 1.807) is 32.5 Å². The molecule has 0 aliphatic heterocycles. The quantitative estimate of drug-likeness (QED) is 0.598. The lowest BCUT2D eigenvalue weighted by Gasteiger charge is -2.21. The molecule has 0 spiro atoms. The Morgan fingerprint density at radius 1 is 1.15 bits per heavy atom. The molecule has 0 aliphatic rings. The monoisotopic (exact) mass is 278 g/mol. The van der Waals surface area contributed by atoms with Crippen molar-refractivity contribution in [2.24, 2.45) is 0 Å². The summed E-state index contributed by atoms with van der Waals surface area (Å²) in [6.45, 7) is 4.49. The minimum Gasteiger partial charge on any atom is -0.492 e. The van der Waals surface area contributed by atoms with E-state index in [0.29, 0.717) is 25.5 Å². The van der Waals surface area contributed by atoms with Crippen molar-refractivity contribution in [1.29, 1.82) is 0 Å². The van der Waals surface area contributed by atoms with Crippen LogP contribution in [-0.2, 0) is 9.47 Å². The fraction of sp³-hybridized carbons (Fsp3) is 0.533. The molecular weight excluding hydrogens is 256 g/mol. The van der Waals surface area contributed by atoms with Crippen molar-refractivity contribution in [1.82, 2.24) is 9.88 Å². The van der Waals surface area contributed by atoms with Gasteiger partial charge in [0, 0.05) is 46.1 Å². The first kappa shape index (κ1) is 16.4. The summed E-state index contributed by atoms with van der Waals surface area (Å²) in [6.07, 6.45) is 6.95. The predicted molar refractivity (Wildman–Crippen MR) is 77.9 cm³/mol. The summed E-state index contributed by atoms with van der Waals surface area (Å²) in [4.78, 5) is 6.25. The van der Waals surface area contributed by atoms with Gasteiger partial charge in [0.2, 0.25) is 0 Å². The molecule has 0 saturated carbocycles. The van der Waals surface area contributed by atoms with E-state index in [1.807, 2.05) is 0 Å². The molecule has 0 aromatic carbocycles. The molecular formula is C15H22N2O3. The second-order valence-electron chi connectivity index (χ2n) is 4.20. The number of pyridine rings is 1. The summed E-state index contributed by atoms with van der Waals surface area (Å²) in [5.74, 6) is 3.23. The van der Waals surface area contributed by atoms with E-state index in [-0.39, 0.29) is 0 Å². The lowest BCUT2D eigenvalue weighted by atomic mass is 10.3. The van der Waals surface area contributed by atoms with Gasteiger partial charge in [0.1, 0.15) is 18.1 Å². The van der Waals surface area contributed by atoms with Gasteiger partial charge in [-0.05, 0) is 6.07 Å². The van der Waals surface area contributed by atoms with Crippen molar-refractivity contribution >= 4 is 0 Å². The third-order valence-electron chi connectivity index (χ3n) is 2.78. The standard InChI is InChI=1S/C15H22N2O3/c1-4-14-13-15(5-6-16-14)20-12-9-17(7-10-18-2)8-11-19-3/h1,5-6,13H,7-12H2,2-3H3. The fourth-order valence-electron chi connectivity index (χ4n) is 1.65. The maximum absolute atomic E-state index is 5.68. The molecule has 1 rings (SSSR count). The highest BCUT2D eigenvalue weighted by molar-refractivity contribution is 5.31. The van der Waals surface area contributed by atoms with Gasteiger partial charge in [-0.2, -0.15) is 0 Å². The molecule has 1 aromatic heterocycles. The Morgan fingerprint density at radius 2 is 1.80 bits per heavy atom. The number of hydrogen-bond acceptors (Lipinski definition) is 5. The minimum absolute atomic E-state index is 0.582. The molecule has 0 N–H and O–H groups in total. The Kier molecular flexibility index (Phi) is 8.40. The Balaban J connectivity index is 2.36. The average molecular weight is 278 g/mol. The Hall–Kier alpha value is -1.61. The van der Waals surface area contributed by atoms with Crippen molar-refractivity contribution in [2.45, 2.75) is 0 Å². The summed E-state index contributed by atoms with van der Waals surface area (Å²) >= 11 is 0. The topological polar surface area (TPSA) is 43.8 Å². The van der Waals surface area contributed by atoms with Gasteiger partial charge in [0.25, 0.3) is 0 Å². The summed E-state index contributed by atoms with van der Waals surface area (Å²) in [5, 5.41) is 0. The van der Waals surface area contributed by atoms with Crippen LogP contribution in [0.3, 0.4) is 0 Å². The van der Waals surface area contributed by atoms with E-state index in [4.69, 9.17) is 20.6 Å². The first-order valence-electron chi connectivity index (χ1n) is 6.56. The molecule has 0 unspecified atom stereocenters. The lowest BCUT2D eigenvalue weighted by Crippen LogP contribution is -2.34. The predicted octanol–water partition coefficient (Wildman–Crippen LogP) is 1.04. The van der Waals surface area contributed by atoms with Gasteiger partial charge in [0.15, 0.2) is 0 Å². The summed E-state index contributed by atoms with van der Waals surface area (Å²) in [7, 11) is 3.40. The van der Waals surface area contributed by atoms with E-state index in [0.717, 1.165) is 25.4 Å². The third kappa shape index (κ3) is 6.53. The average Bonchev–Trinajstić information content (AvgIpc) is 2.49. The highest BCUT2D eigenvalue weighted by Crippen LogP contribution is 2.10. The molecule has 1 aromatic rings. The highest BCUT2D eigenvalue weighted by atomic mass is 16.5. The van der Waals surface area contributed by atoms with Crippen LogP contribution >= 0.6 is 0 Å². The molecule has 0 aliphatic carbocycles. The molecule has 5 nitrogen and oxygen atoms in total. The van der Waals surface area contributed by atoms with Crippen LogP contribution in [0.5, 0.6) is 5.75 Å². The molecule has 1 heterocycles. The molecule has 0 amide bonds. The van der Waals surface area contributed by atoms with Gasteiger partial charge in [-0.15, -0.1) is 6.42 Å². The van der Waals surface area contributed by atoms with E-state index >= 15 is 0 Å². The van der Waals surface area contributed by atoms with Crippen LogP contribution in [0.4, 0.5) is 0 Å². The lowest BCUT2D eigenvalue weighted by molar-refractivity contribution is 0.104. The normalized spacial score (nSPS) is 10.5. The second-order valence-corrected chi connectivity index (χ2v) is 4.20. The number of terminal acetylenes is 1. The number of methoxy groups -OCH3 is 2. The molecule has 110 valence electrons. The van der Waals surface area contributed by atoms with Gasteiger partial charge in [0.05, 0.1) is 13.2 Å². The Labute approximate surface area is 120 Å². The number of rotatable bonds is 10. The van der Waals surface area contributed by atoms with Crippen LogP contribution in [-0.4, -0.2) is 63.6 Å². The first-order valence-corrected chi connectivity index (χ1v) is 6.56. The zero-order valence-corrected chi connectivity index (χ0v) is 12.2. The van der Waals surface area contributed by atoms with Crippen molar-refractivity contribution in [3.63, 3.8) is 0 Å². The number of nitrogens with zero attached hydrogens (tertiary/aromatic N) is 2. The van der Waals surface area contributed by atoms with Gasteiger partial charge in [-0.1, -0.05) is 5.92 Å². The molecule has 0 atom stereocenters. The zero-order chi connectivity index (χ0) is 14.6. The van der Waals surface area contributed by atoms with Crippen LogP contribution in [0.1, 0.15) is 5.69 Å². The van der Waals surface area contributed by atoms with E-state index in [9.17, 15) is 0 Å². The second kappa shape index (κ2) is 10.2. The minimum atomic E-state index is 0.582. The molecule has 0 fully saturated rings. The van der Waals surface area contributed by atoms with Gasteiger partial charge in [-0.25, -0.2) is 4.98 Å². The largest absolute Gasteiger partial charge is 0.492 e. The molecule has 20 heavy (non-hydrogen) atoms. The summed E-state index contributed by atoms with van der Waals surface area (Å²) < 4.78 is 15.9. The molecule has 0 saturated heterocycles. The van der Waals surface area contributed by atoms with Gasteiger partial charge < -0.3 is 14.2 Å². The smallest absolute Gasteiger partial charge is 0.123 e. The molecule has 0 radical (unpaired) electrons. The Morgan fingerprint density at radius 3 is 2.40 bits per heavy atom. The Bertz CT molecular complexity index is 410. The number of ether oxygens (including phenoxy) is 3. The molecule has 0 bridgehead atoms. The van der Waals surface area contributed by atoms with Crippen LogP contribution in [0.25, 0.3) is 0 Å².